The molecule has 9 nitrogen and oxygen atoms in total. The van der Waals surface area contributed by atoms with Crippen LogP contribution in [0.2, 0.25) is 0 Å². The van der Waals surface area contributed by atoms with Gasteiger partial charge in [-0.25, -0.2) is 0 Å². The van der Waals surface area contributed by atoms with Gasteiger partial charge in [-0.3, -0.25) is 4.18 Å². The Balaban J connectivity index is 1.91. The summed E-state index contributed by atoms with van der Waals surface area (Å²) in [5.74, 6) is 0. The summed E-state index contributed by atoms with van der Waals surface area (Å²) >= 11 is 0. The molecule has 1 atom stereocenters. The fraction of sp³-hybridized carbons (Fsp3) is 0.667. The predicted molar refractivity (Wildman–Crippen MR) is 101 cm³/mol. The van der Waals surface area contributed by atoms with Gasteiger partial charge in [-0.1, -0.05) is 17.7 Å². The van der Waals surface area contributed by atoms with E-state index in [-0.39, 0.29) is 24.7 Å². The van der Waals surface area contributed by atoms with Crippen LogP contribution in [0.15, 0.2) is 29.2 Å². The van der Waals surface area contributed by atoms with Gasteiger partial charge in [0.25, 0.3) is 10.1 Å². The van der Waals surface area contributed by atoms with Gasteiger partial charge in [-0.05, 0) is 19.1 Å². The third-order valence-electron chi connectivity index (χ3n) is 3.42. The van der Waals surface area contributed by atoms with Crippen LogP contribution in [0, 0.1) is 6.92 Å². The zero-order valence-electron chi connectivity index (χ0n) is 16.4. The minimum atomic E-state index is -3.76. The van der Waals surface area contributed by atoms with Crippen LogP contribution >= 0.6 is 0 Å². The van der Waals surface area contributed by atoms with Crippen molar-refractivity contribution in [1.29, 1.82) is 0 Å². The fourth-order valence-corrected chi connectivity index (χ4v) is 2.78. The number of ether oxygens (including phenoxy) is 5. The average Bonchev–Trinajstić information content (AvgIpc) is 2.68. The molecule has 0 amide bonds. The van der Waals surface area contributed by atoms with E-state index in [9.17, 15) is 8.42 Å². The van der Waals surface area contributed by atoms with Crippen LogP contribution in [-0.2, 0) is 38.0 Å². The normalized spacial score (nSPS) is 13.0. The van der Waals surface area contributed by atoms with Crippen molar-refractivity contribution in [2.24, 2.45) is 0 Å². The Bertz CT molecular complexity index is 604. The highest BCUT2D eigenvalue weighted by atomic mass is 32.2. The molecule has 0 aliphatic carbocycles. The first-order chi connectivity index (χ1) is 13.5. The summed E-state index contributed by atoms with van der Waals surface area (Å²) in [6.07, 6.45) is -0.920. The van der Waals surface area contributed by atoms with Gasteiger partial charge < -0.3 is 28.8 Å². The van der Waals surface area contributed by atoms with Crippen LogP contribution in [0.4, 0.5) is 0 Å². The second kappa shape index (κ2) is 14.8. The molecule has 0 unspecified atom stereocenters. The number of aliphatic hydroxyl groups is 1. The van der Waals surface area contributed by atoms with Gasteiger partial charge in [0.2, 0.25) is 0 Å². The molecule has 0 saturated carbocycles. The quantitative estimate of drug-likeness (QED) is 0.221. The lowest BCUT2D eigenvalue weighted by Gasteiger charge is -2.10. The fourth-order valence-electron chi connectivity index (χ4n) is 1.89. The molecule has 1 aromatic carbocycles. The zero-order valence-corrected chi connectivity index (χ0v) is 17.2. The smallest absolute Gasteiger partial charge is 0.297 e. The molecule has 0 aliphatic rings. The summed E-state index contributed by atoms with van der Waals surface area (Å²) < 4.78 is 54.4. The number of aliphatic hydroxyl groups excluding tert-OH is 1. The Hall–Kier alpha value is -1.11. The zero-order chi connectivity index (χ0) is 20.7. The van der Waals surface area contributed by atoms with E-state index in [2.05, 4.69) is 4.74 Å². The molecule has 0 spiro atoms. The maximum absolute atomic E-state index is 11.9. The van der Waals surface area contributed by atoms with Crippen molar-refractivity contribution < 1.29 is 41.4 Å². The Labute approximate surface area is 166 Å². The minimum Gasteiger partial charge on any atom is -0.377 e. The second-order valence-corrected chi connectivity index (χ2v) is 7.31. The number of benzene rings is 1. The van der Waals surface area contributed by atoms with Crippen molar-refractivity contribution in [2.75, 3.05) is 66.6 Å². The SMILES string of the molecule is CO[C@@H](O)COCCOCCOCCOCCOS(=O)(=O)c1ccc(C)cc1. The summed E-state index contributed by atoms with van der Waals surface area (Å²) in [7, 11) is -2.36. The molecule has 0 aromatic heterocycles. The van der Waals surface area contributed by atoms with Crippen molar-refractivity contribution in [3.05, 3.63) is 29.8 Å². The minimum absolute atomic E-state index is 0.0584. The predicted octanol–water partition coefficient (Wildman–Crippen LogP) is 0.732. The second-order valence-electron chi connectivity index (χ2n) is 5.69. The molecule has 0 aliphatic heterocycles. The number of hydrogen-bond donors (Lipinski definition) is 1. The van der Waals surface area contributed by atoms with Crippen LogP contribution in [0.3, 0.4) is 0 Å². The molecule has 0 bridgehead atoms. The van der Waals surface area contributed by atoms with E-state index in [4.69, 9.17) is 28.2 Å². The number of rotatable bonds is 17. The maximum atomic E-state index is 11.9. The van der Waals surface area contributed by atoms with Crippen molar-refractivity contribution in [3.8, 4) is 0 Å². The molecule has 1 N–H and O–H groups in total. The first-order valence-corrected chi connectivity index (χ1v) is 10.3. The molecule has 1 aromatic rings. The monoisotopic (exact) mass is 422 g/mol. The van der Waals surface area contributed by atoms with Gasteiger partial charge in [-0.15, -0.1) is 0 Å². The van der Waals surface area contributed by atoms with Crippen molar-refractivity contribution in [2.45, 2.75) is 18.1 Å². The van der Waals surface area contributed by atoms with E-state index in [1.54, 1.807) is 12.1 Å². The summed E-state index contributed by atoms with van der Waals surface area (Å²) in [4.78, 5) is 0.127. The van der Waals surface area contributed by atoms with Gasteiger partial charge in [0.05, 0.1) is 64.4 Å². The summed E-state index contributed by atoms with van der Waals surface area (Å²) in [5.41, 5.74) is 0.975. The average molecular weight is 422 g/mol. The first kappa shape index (κ1) is 24.9. The number of methoxy groups -OCH3 is 1. The molecular weight excluding hydrogens is 392 g/mol. The molecule has 10 heteroatoms. The van der Waals surface area contributed by atoms with Crippen LogP contribution in [0.5, 0.6) is 0 Å². The van der Waals surface area contributed by atoms with E-state index in [1.807, 2.05) is 6.92 Å². The first-order valence-electron chi connectivity index (χ1n) is 8.93. The third kappa shape index (κ3) is 11.7. The molecular formula is C18H30O9S. The van der Waals surface area contributed by atoms with E-state index in [0.29, 0.717) is 39.6 Å². The highest BCUT2D eigenvalue weighted by molar-refractivity contribution is 7.86. The van der Waals surface area contributed by atoms with E-state index >= 15 is 0 Å². The van der Waals surface area contributed by atoms with Crippen LogP contribution in [0.1, 0.15) is 5.56 Å². The van der Waals surface area contributed by atoms with Crippen molar-refractivity contribution in [3.63, 3.8) is 0 Å². The maximum Gasteiger partial charge on any atom is 0.297 e. The van der Waals surface area contributed by atoms with E-state index < -0.39 is 16.4 Å². The van der Waals surface area contributed by atoms with Gasteiger partial charge in [0.15, 0.2) is 6.29 Å². The van der Waals surface area contributed by atoms with E-state index in [0.717, 1.165) is 5.56 Å². The molecule has 162 valence electrons. The van der Waals surface area contributed by atoms with Crippen molar-refractivity contribution >= 4 is 10.1 Å². The summed E-state index contributed by atoms with van der Waals surface area (Å²) in [6.45, 7) is 4.33. The molecule has 0 saturated heterocycles. The summed E-state index contributed by atoms with van der Waals surface area (Å²) in [5, 5.41) is 9.08. The lowest BCUT2D eigenvalue weighted by molar-refractivity contribution is -0.123. The standard InChI is InChI=1S/C18H30O9S/c1-16-3-5-17(6-4-16)28(20,21)27-14-13-25-10-9-23-7-8-24-11-12-26-15-18(19)22-2/h3-6,18-19H,7-15H2,1-2H3/t18-/m1/s1. The summed E-state index contributed by atoms with van der Waals surface area (Å²) in [6, 6.07) is 6.45. The highest BCUT2D eigenvalue weighted by Gasteiger charge is 2.14. The molecule has 0 heterocycles. The van der Waals surface area contributed by atoms with Gasteiger partial charge >= 0.3 is 0 Å². The lowest BCUT2D eigenvalue weighted by Crippen LogP contribution is -2.19. The number of aryl methyl sites for hydroxylation is 1. The molecule has 0 radical (unpaired) electrons. The lowest BCUT2D eigenvalue weighted by atomic mass is 10.2. The molecule has 1 rings (SSSR count). The number of hydrogen-bond acceptors (Lipinski definition) is 9. The van der Waals surface area contributed by atoms with Crippen LogP contribution in [0.25, 0.3) is 0 Å². The molecule has 28 heavy (non-hydrogen) atoms. The largest absolute Gasteiger partial charge is 0.377 e. The Morgan fingerprint density at radius 1 is 0.821 bits per heavy atom. The Morgan fingerprint density at radius 2 is 1.29 bits per heavy atom. The third-order valence-corrected chi connectivity index (χ3v) is 4.75. The topological polar surface area (TPSA) is 110 Å². The van der Waals surface area contributed by atoms with Crippen LogP contribution < -0.4 is 0 Å². The van der Waals surface area contributed by atoms with Gasteiger partial charge in [-0.2, -0.15) is 8.42 Å². The van der Waals surface area contributed by atoms with Crippen LogP contribution in [-0.4, -0.2) is 86.4 Å². The van der Waals surface area contributed by atoms with Gasteiger partial charge in [0.1, 0.15) is 0 Å². The highest BCUT2D eigenvalue weighted by Crippen LogP contribution is 2.12. The van der Waals surface area contributed by atoms with Gasteiger partial charge in [0, 0.05) is 7.11 Å². The van der Waals surface area contributed by atoms with E-state index in [1.165, 1.54) is 19.2 Å². The van der Waals surface area contributed by atoms with Crippen molar-refractivity contribution in [1.82, 2.24) is 0 Å². The Morgan fingerprint density at radius 3 is 1.79 bits per heavy atom. The Kier molecular flexibility index (Phi) is 13.2. The molecule has 0 fully saturated rings.